The van der Waals surface area contributed by atoms with Crippen LogP contribution in [-0.4, -0.2) is 31.4 Å². The fourth-order valence-electron chi connectivity index (χ4n) is 3.15. The van der Waals surface area contributed by atoms with Crippen molar-refractivity contribution < 1.29 is 9.59 Å². The van der Waals surface area contributed by atoms with Crippen molar-refractivity contribution in [1.29, 1.82) is 0 Å². The van der Waals surface area contributed by atoms with E-state index in [2.05, 4.69) is 22.9 Å². The van der Waals surface area contributed by atoms with Crippen LogP contribution in [0.25, 0.3) is 0 Å². The molecule has 1 unspecified atom stereocenters. The van der Waals surface area contributed by atoms with E-state index >= 15 is 0 Å². The summed E-state index contributed by atoms with van der Waals surface area (Å²) in [5, 5.41) is 9.32. The summed E-state index contributed by atoms with van der Waals surface area (Å²) in [5.41, 5.74) is 0.928. The molecule has 0 aromatic heterocycles. The number of hydrogen-bond acceptors (Lipinski definition) is 3. The predicted octanol–water partition coefficient (Wildman–Crippen LogP) is 2.40. The lowest BCUT2D eigenvalue weighted by Crippen LogP contribution is -2.46. The molecule has 1 aromatic rings. The number of benzene rings is 1. The predicted molar refractivity (Wildman–Crippen MR) is 100 cm³/mol. The van der Waals surface area contributed by atoms with Gasteiger partial charge in [-0.05, 0) is 42.8 Å². The van der Waals surface area contributed by atoms with Gasteiger partial charge in [-0.15, -0.1) is 0 Å². The lowest BCUT2D eigenvalue weighted by molar-refractivity contribution is -0.129. The lowest BCUT2D eigenvalue weighted by Gasteiger charge is -2.34. The average molecular weight is 345 g/mol. The van der Waals surface area contributed by atoms with E-state index in [0.717, 1.165) is 31.5 Å². The lowest BCUT2D eigenvalue weighted by atomic mass is 9.81. The van der Waals surface area contributed by atoms with E-state index < -0.39 is 6.04 Å². The summed E-state index contributed by atoms with van der Waals surface area (Å²) in [6.45, 7) is 8.81. The van der Waals surface area contributed by atoms with Gasteiger partial charge in [0.15, 0.2) is 0 Å². The fraction of sp³-hybridized carbons (Fsp3) is 0.600. The number of nitrogens with one attached hydrogen (secondary N) is 3. The minimum absolute atomic E-state index is 0.0907. The van der Waals surface area contributed by atoms with Crippen molar-refractivity contribution >= 4 is 11.8 Å². The molecule has 2 amide bonds. The molecule has 0 spiro atoms. The Hall–Kier alpha value is -1.88. The topological polar surface area (TPSA) is 70.2 Å². The van der Waals surface area contributed by atoms with Gasteiger partial charge in [-0.1, -0.05) is 51.1 Å². The fourth-order valence-corrected chi connectivity index (χ4v) is 3.15. The Morgan fingerprint density at radius 2 is 1.80 bits per heavy atom. The van der Waals surface area contributed by atoms with Gasteiger partial charge >= 0.3 is 0 Å². The summed E-state index contributed by atoms with van der Waals surface area (Å²) in [6, 6.07) is 8.80. The number of amides is 2. The van der Waals surface area contributed by atoms with Gasteiger partial charge in [0.05, 0.1) is 0 Å². The van der Waals surface area contributed by atoms with Gasteiger partial charge in [-0.3, -0.25) is 9.59 Å². The van der Waals surface area contributed by atoms with Crippen LogP contribution in [0.1, 0.15) is 51.6 Å². The van der Waals surface area contributed by atoms with Gasteiger partial charge in [0.25, 0.3) is 0 Å². The minimum Gasteiger partial charge on any atom is -0.353 e. The van der Waals surface area contributed by atoms with Crippen LogP contribution in [0, 0.1) is 11.3 Å². The molecule has 1 saturated heterocycles. The van der Waals surface area contributed by atoms with Gasteiger partial charge in [-0.25, -0.2) is 0 Å². The highest BCUT2D eigenvalue weighted by Gasteiger charge is 2.29. The molecule has 1 aromatic carbocycles. The summed E-state index contributed by atoms with van der Waals surface area (Å²) in [6.07, 6.45) is 2.51. The van der Waals surface area contributed by atoms with Crippen LogP contribution in [-0.2, 0) is 9.59 Å². The number of piperidine rings is 1. The molecule has 1 aliphatic rings. The van der Waals surface area contributed by atoms with Crippen LogP contribution in [0.3, 0.4) is 0 Å². The Bertz CT molecular complexity index is 566. The molecule has 138 valence electrons. The molecule has 25 heavy (non-hydrogen) atoms. The SMILES string of the molecule is CC(C)CC(=O)NC(C(=O)NCC1(C)CCNCC1)c1ccccc1. The zero-order valence-electron chi connectivity index (χ0n) is 15.6. The Kier molecular flexibility index (Phi) is 7.00. The first-order chi connectivity index (χ1) is 11.9. The summed E-state index contributed by atoms with van der Waals surface area (Å²) < 4.78 is 0. The maximum Gasteiger partial charge on any atom is 0.247 e. The minimum atomic E-state index is -0.641. The largest absolute Gasteiger partial charge is 0.353 e. The van der Waals surface area contributed by atoms with Crippen molar-refractivity contribution in [2.75, 3.05) is 19.6 Å². The van der Waals surface area contributed by atoms with E-state index in [4.69, 9.17) is 0 Å². The maximum atomic E-state index is 12.8. The molecule has 5 heteroatoms. The Balaban J connectivity index is 2.03. The second-order valence-corrected chi connectivity index (χ2v) is 7.79. The molecule has 1 aliphatic heterocycles. The van der Waals surface area contributed by atoms with Crippen molar-refractivity contribution in [1.82, 2.24) is 16.0 Å². The van der Waals surface area contributed by atoms with E-state index in [1.54, 1.807) is 0 Å². The number of hydrogen-bond donors (Lipinski definition) is 3. The number of carbonyl (C=O) groups is 2. The Morgan fingerprint density at radius 3 is 2.40 bits per heavy atom. The van der Waals surface area contributed by atoms with Crippen molar-refractivity contribution in [3.8, 4) is 0 Å². The van der Waals surface area contributed by atoms with E-state index in [9.17, 15) is 9.59 Å². The van der Waals surface area contributed by atoms with Crippen LogP contribution in [0.5, 0.6) is 0 Å². The number of rotatable bonds is 7. The van der Waals surface area contributed by atoms with Gasteiger partial charge < -0.3 is 16.0 Å². The standard InChI is InChI=1S/C20H31N3O2/c1-15(2)13-17(24)23-18(16-7-5-4-6-8-16)19(25)22-14-20(3)9-11-21-12-10-20/h4-8,15,18,21H,9-14H2,1-3H3,(H,22,25)(H,23,24). The van der Waals surface area contributed by atoms with Gasteiger partial charge in [0.2, 0.25) is 11.8 Å². The third kappa shape index (κ3) is 6.16. The van der Waals surface area contributed by atoms with E-state index in [1.165, 1.54) is 0 Å². The summed E-state index contributed by atoms with van der Waals surface area (Å²) >= 11 is 0. The molecule has 1 heterocycles. The summed E-state index contributed by atoms with van der Waals surface area (Å²) in [5.74, 6) is 0.0308. The Labute approximate surface area is 151 Å². The zero-order chi connectivity index (χ0) is 18.3. The summed E-state index contributed by atoms with van der Waals surface area (Å²) in [4.78, 5) is 25.0. The number of carbonyl (C=O) groups excluding carboxylic acids is 2. The molecular weight excluding hydrogens is 314 g/mol. The smallest absolute Gasteiger partial charge is 0.247 e. The molecule has 0 bridgehead atoms. The van der Waals surface area contributed by atoms with Crippen LogP contribution < -0.4 is 16.0 Å². The third-order valence-electron chi connectivity index (χ3n) is 4.79. The van der Waals surface area contributed by atoms with Crippen LogP contribution in [0.2, 0.25) is 0 Å². The molecule has 0 radical (unpaired) electrons. The van der Waals surface area contributed by atoms with Crippen molar-refractivity contribution in [3.63, 3.8) is 0 Å². The van der Waals surface area contributed by atoms with Gasteiger partial charge in [0.1, 0.15) is 6.04 Å². The molecule has 0 saturated carbocycles. The maximum absolute atomic E-state index is 12.8. The second kappa shape index (κ2) is 8.99. The third-order valence-corrected chi connectivity index (χ3v) is 4.79. The molecule has 3 N–H and O–H groups in total. The quantitative estimate of drug-likeness (QED) is 0.711. The monoisotopic (exact) mass is 345 g/mol. The Morgan fingerprint density at radius 1 is 1.16 bits per heavy atom. The average Bonchev–Trinajstić information content (AvgIpc) is 2.58. The van der Waals surface area contributed by atoms with Crippen molar-refractivity contribution in [2.24, 2.45) is 11.3 Å². The van der Waals surface area contributed by atoms with Crippen LogP contribution in [0.4, 0.5) is 0 Å². The molecule has 0 aliphatic carbocycles. The van der Waals surface area contributed by atoms with E-state index in [1.807, 2.05) is 44.2 Å². The normalized spacial score (nSPS) is 17.8. The molecular formula is C20H31N3O2. The first kappa shape index (κ1) is 19.4. The summed E-state index contributed by atoms with van der Waals surface area (Å²) in [7, 11) is 0. The first-order valence-corrected chi connectivity index (χ1v) is 9.22. The van der Waals surface area contributed by atoms with Crippen LogP contribution in [0.15, 0.2) is 30.3 Å². The highest BCUT2D eigenvalue weighted by molar-refractivity contribution is 5.88. The highest BCUT2D eigenvalue weighted by Crippen LogP contribution is 2.27. The molecule has 1 atom stereocenters. The first-order valence-electron chi connectivity index (χ1n) is 9.22. The van der Waals surface area contributed by atoms with Crippen molar-refractivity contribution in [2.45, 2.75) is 46.1 Å². The van der Waals surface area contributed by atoms with Gasteiger partial charge in [0, 0.05) is 13.0 Å². The van der Waals surface area contributed by atoms with E-state index in [0.29, 0.717) is 13.0 Å². The van der Waals surface area contributed by atoms with E-state index in [-0.39, 0.29) is 23.1 Å². The molecule has 5 nitrogen and oxygen atoms in total. The molecule has 2 rings (SSSR count). The highest BCUT2D eigenvalue weighted by atomic mass is 16.2. The molecule has 1 fully saturated rings. The van der Waals surface area contributed by atoms with Gasteiger partial charge in [-0.2, -0.15) is 0 Å². The van der Waals surface area contributed by atoms with Crippen LogP contribution >= 0.6 is 0 Å². The second-order valence-electron chi connectivity index (χ2n) is 7.79. The van der Waals surface area contributed by atoms with Crippen molar-refractivity contribution in [3.05, 3.63) is 35.9 Å². The zero-order valence-corrected chi connectivity index (χ0v) is 15.6.